The van der Waals surface area contributed by atoms with Crippen molar-refractivity contribution in [3.05, 3.63) is 27.5 Å². The molecule has 3 rings (SSSR count). The van der Waals surface area contributed by atoms with Crippen molar-refractivity contribution in [2.75, 3.05) is 19.7 Å². The Morgan fingerprint density at radius 3 is 2.07 bits per heavy atom. The molecule has 2 aliphatic heterocycles. The van der Waals surface area contributed by atoms with Crippen LogP contribution in [0.1, 0.15) is 55.9 Å². The Hall–Kier alpha value is -3.78. The average Bonchev–Trinajstić information content (AvgIpc) is 3.26. The van der Waals surface area contributed by atoms with Gasteiger partial charge in [0.1, 0.15) is 0 Å². The number of aryl methyl sites for hydroxylation is 2. The molecular weight excluding hydrogens is 584 g/mol. The lowest BCUT2D eigenvalue weighted by molar-refractivity contribution is -0.250. The SMILES string of the molecule is CCOC(=O)C1CCN(C(=O)C2OC(NC(=O)C=Cc3cc(C)sc3C)C(OC(C)=O)C(OC(C)=O)C2OC(C)=O)CC1. The van der Waals surface area contributed by atoms with Gasteiger partial charge in [0.25, 0.3) is 5.91 Å². The van der Waals surface area contributed by atoms with E-state index < -0.39 is 60.4 Å². The van der Waals surface area contributed by atoms with E-state index in [1.54, 1.807) is 24.3 Å². The van der Waals surface area contributed by atoms with E-state index >= 15 is 0 Å². The highest BCUT2D eigenvalue weighted by atomic mass is 32.1. The van der Waals surface area contributed by atoms with Crippen molar-refractivity contribution in [2.45, 2.75) is 85.0 Å². The minimum absolute atomic E-state index is 0.180. The first-order valence-electron chi connectivity index (χ1n) is 14.0. The van der Waals surface area contributed by atoms with Gasteiger partial charge in [-0.25, -0.2) is 0 Å². The van der Waals surface area contributed by atoms with Gasteiger partial charge in [-0.05, 0) is 51.3 Å². The largest absolute Gasteiger partial charge is 0.466 e. The van der Waals surface area contributed by atoms with Crippen molar-refractivity contribution in [1.82, 2.24) is 10.2 Å². The molecular formula is C29H38N2O11S. The van der Waals surface area contributed by atoms with E-state index in [-0.39, 0.29) is 31.6 Å². The van der Waals surface area contributed by atoms with Crippen LogP contribution in [-0.2, 0) is 52.5 Å². The minimum Gasteiger partial charge on any atom is -0.466 e. The first kappa shape index (κ1) is 33.7. The summed E-state index contributed by atoms with van der Waals surface area (Å²) in [7, 11) is 0. The molecule has 0 saturated carbocycles. The first-order valence-corrected chi connectivity index (χ1v) is 14.8. The number of piperidine rings is 1. The fraction of sp³-hybridized carbons (Fsp3) is 0.586. The van der Waals surface area contributed by atoms with Crippen LogP contribution in [0.4, 0.5) is 0 Å². The van der Waals surface area contributed by atoms with Crippen LogP contribution in [0, 0.1) is 19.8 Å². The molecule has 5 unspecified atom stereocenters. The molecule has 236 valence electrons. The smallest absolute Gasteiger partial charge is 0.309 e. The van der Waals surface area contributed by atoms with Crippen LogP contribution in [0.2, 0.25) is 0 Å². The Morgan fingerprint density at radius 2 is 1.53 bits per heavy atom. The number of esters is 4. The van der Waals surface area contributed by atoms with Crippen molar-refractivity contribution in [3.8, 4) is 0 Å². The number of ether oxygens (including phenoxy) is 5. The Labute approximate surface area is 253 Å². The van der Waals surface area contributed by atoms with Gasteiger partial charge in [0.2, 0.25) is 5.91 Å². The van der Waals surface area contributed by atoms with Gasteiger partial charge in [0.05, 0.1) is 12.5 Å². The van der Waals surface area contributed by atoms with Crippen LogP contribution < -0.4 is 5.32 Å². The van der Waals surface area contributed by atoms with Gasteiger partial charge in [-0.1, -0.05) is 0 Å². The molecule has 3 heterocycles. The van der Waals surface area contributed by atoms with Gasteiger partial charge < -0.3 is 33.9 Å². The van der Waals surface area contributed by atoms with Crippen LogP contribution >= 0.6 is 11.3 Å². The second-order valence-corrected chi connectivity index (χ2v) is 11.7. The fourth-order valence-electron chi connectivity index (χ4n) is 5.07. The second kappa shape index (κ2) is 15.1. The van der Waals surface area contributed by atoms with E-state index in [4.69, 9.17) is 23.7 Å². The van der Waals surface area contributed by atoms with E-state index in [9.17, 15) is 28.8 Å². The molecule has 1 aromatic rings. The molecule has 2 saturated heterocycles. The molecule has 13 nitrogen and oxygen atoms in total. The molecule has 2 aliphatic rings. The normalized spacial score (nSPS) is 24.2. The number of likely N-dealkylation sites (tertiary alicyclic amines) is 1. The lowest BCUT2D eigenvalue weighted by Crippen LogP contribution is -2.68. The van der Waals surface area contributed by atoms with Gasteiger partial charge >= 0.3 is 23.9 Å². The lowest BCUT2D eigenvalue weighted by Gasteiger charge is -2.45. The third-order valence-electron chi connectivity index (χ3n) is 6.89. The summed E-state index contributed by atoms with van der Waals surface area (Å²) in [6.07, 6.45) is -3.94. The van der Waals surface area contributed by atoms with Gasteiger partial charge in [-0.3, -0.25) is 28.8 Å². The molecule has 0 aliphatic carbocycles. The number of rotatable bonds is 9. The quantitative estimate of drug-likeness (QED) is 0.243. The molecule has 1 aromatic heterocycles. The van der Waals surface area contributed by atoms with Gasteiger partial charge in [0, 0.05) is 49.7 Å². The molecule has 0 spiro atoms. The van der Waals surface area contributed by atoms with Crippen LogP contribution in [0.25, 0.3) is 6.08 Å². The summed E-state index contributed by atoms with van der Waals surface area (Å²) < 4.78 is 27.4. The minimum atomic E-state index is -1.55. The summed E-state index contributed by atoms with van der Waals surface area (Å²) >= 11 is 1.57. The van der Waals surface area contributed by atoms with Crippen molar-refractivity contribution in [2.24, 2.45) is 5.92 Å². The van der Waals surface area contributed by atoms with Gasteiger partial charge in [-0.2, -0.15) is 0 Å². The number of thiophene rings is 1. The van der Waals surface area contributed by atoms with E-state index in [2.05, 4.69) is 5.32 Å². The third kappa shape index (κ3) is 9.10. The van der Waals surface area contributed by atoms with Crippen LogP contribution in [0.3, 0.4) is 0 Å². The number of carbonyl (C=O) groups excluding carboxylic acids is 6. The van der Waals surface area contributed by atoms with Crippen molar-refractivity contribution < 1.29 is 52.5 Å². The van der Waals surface area contributed by atoms with E-state index in [0.29, 0.717) is 12.8 Å². The second-order valence-electron chi connectivity index (χ2n) is 10.3. The zero-order chi connectivity index (χ0) is 31.8. The predicted molar refractivity (Wildman–Crippen MR) is 152 cm³/mol. The maximum Gasteiger partial charge on any atom is 0.309 e. The molecule has 43 heavy (non-hydrogen) atoms. The molecule has 14 heteroatoms. The number of nitrogens with zero attached hydrogens (tertiary/aromatic N) is 1. The zero-order valence-electron chi connectivity index (χ0n) is 25.1. The topological polar surface area (TPSA) is 164 Å². The van der Waals surface area contributed by atoms with Gasteiger partial charge in [0.15, 0.2) is 30.6 Å². The average molecular weight is 623 g/mol. The summed E-state index contributed by atoms with van der Waals surface area (Å²) in [5.41, 5.74) is 0.839. The fourth-order valence-corrected chi connectivity index (χ4v) is 5.99. The highest BCUT2D eigenvalue weighted by molar-refractivity contribution is 7.12. The van der Waals surface area contributed by atoms with E-state index in [0.717, 1.165) is 36.1 Å². The first-order chi connectivity index (χ1) is 20.3. The van der Waals surface area contributed by atoms with Crippen LogP contribution in [-0.4, -0.2) is 90.9 Å². The summed E-state index contributed by atoms with van der Waals surface area (Å²) in [6.45, 7) is 9.49. The summed E-state index contributed by atoms with van der Waals surface area (Å²) in [5.74, 6) is -4.39. The summed E-state index contributed by atoms with van der Waals surface area (Å²) in [6, 6.07) is 1.92. The summed E-state index contributed by atoms with van der Waals surface area (Å²) in [5, 5.41) is 2.59. The Morgan fingerprint density at radius 1 is 0.953 bits per heavy atom. The molecule has 0 aromatic carbocycles. The Bertz CT molecular complexity index is 1250. The van der Waals surface area contributed by atoms with Gasteiger partial charge in [-0.15, -0.1) is 11.3 Å². The number of nitrogens with one attached hydrogen (secondary N) is 1. The molecule has 5 atom stereocenters. The van der Waals surface area contributed by atoms with E-state index in [1.165, 1.54) is 11.0 Å². The third-order valence-corrected chi connectivity index (χ3v) is 7.87. The highest BCUT2D eigenvalue weighted by Gasteiger charge is 2.55. The number of amides is 2. The number of hydrogen-bond donors (Lipinski definition) is 1. The molecule has 0 bridgehead atoms. The maximum absolute atomic E-state index is 13.8. The molecule has 2 amide bonds. The van der Waals surface area contributed by atoms with E-state index in [1.807, 2.05) is 19.9 Å². The Balaban J connectivity index is 1.91. The van der Waals surface area contributed by atoms with Crippen molar-refractivity contribution >= 4 is 53.1 Å². The molecule has 2 fully saturated rings. The summed E-state index contributed by atoms with van der Waals surface area (Å²) in [4.78, 5) is 78.9. The van der Waals surface area contributed by atoms with Crippen LogP contribution in [0.5, 0.6) is 0 Å². The standard InChI is InChI=1S/C29H38N2O11S/c1-7-38-29(37)20-10-12-31(13-11-20)28(36)26-24(40-18(5)33)23(39-17(4)32)25(41-19(6)34)27(42-26)30-22(35)9-8-21-14-15(2)43-16(21)3/h8-9,14,20,23-27H,7,10-13H2,1-6H3,(H,30,35). The van der Waals surface area contributed by atoms with Crippen LogP contribution in [0.15, 0.2) is 12.1 Å². The van der Waals surface area contributed by atoms with Crippen molar-refractivity contribution in [3.63, 3.8) is 0 Å². The maximum atomic E-state index is 13.8. The predicted octanol–water partition coefficient (Wildman–Crippen LogP) is 1.82. The monoisotopic (exact) mass is 622 g/mol. The zero-order valence-corrected chi connectivity index (χ0v) is 25.9. The lowest BCUT2D eigenvalue weighted by atomic mass is 9.93. The molecule has 0 radical (unpaired) electrons. The number of carbonyl (C=O) groups is 6. The number of hydrogen-bond acceptors (Lipinski definition) is 12. The Kier molecular flexibility index (Phi) is 11.8. The molecule has 1 N–H and O–H groups in total. The highest BCUT2D eigenvalue weighted by Crippen LogP contribution is 2.31. The van der Waals surface area contributed by atoms with Crippen molar-refractivity contribution in [1.29, 1.82) is 0 Å².